The predicted molar refractivity (Wildman–Crippen MR) is 89.0 cm³/mol. The summed E-state index contributed by atoms with van der Waals surface area (Å²) < 4.78 is 5.18. The highest BCUT2D eigenvalue weighted by Gasteiger charge is 2.31. The SMILES string of the molecule is COCCN1C(C)CN(C(=O)Cc2ccc(C)cc2)CC1C. The predicted octanol–water partition coefficient (Wildman–Crippen LogP) is 2.11. The zero-order valence-electron chi connectivity index (χ0n) is 14.2. The molecule has 4 nitrogen and oxygen atoms in total. The summed E-state index contributed by atoms with van der Waals surface area (Å²) in [6, 6.07) is 8.98. The van der Waals surface area contributed by atoms with Crippen molar-refractivity contribution in [3.05, 3.63) is 35.4 Å². The molecule has 1 aromatic rings. The summed E-state index contributed by atoms with van der Waals surface area (Å²) in [4.78, 5) is 17.0. The van der Waals surface area contributed by atoms with Crippen LogP contribution in [0.25, 0.3) is 0 Å². The molecule has 1 heterocycles. The van der Waals surface area contributed by atoms with Gasteiger partial charge < -0.3 is 9.64 Å². The first-order valence-electron chi connectivity index (χ1n) is 8.09. The van der Waals surface area contributed by atoms with Crippen LogP contribution < -0.4 is 0 Å². The molecule has 0 saturated carbocycles. The van der Waals surface area contributed by atoms with Gasteiger partial charge in [-0.15, -0.1) is 0 Å². The zero-order chi connectivity index (χ0) is 16.1. The number of nitrogens with zero attached hydrogens (tertiary/aromatic N) is 2. The van der Waals surface area contributed by atoms with E-state index in [1.165, 1.54) is 5.56 Å². The Morgan fingerprint density at radius 2 is 1.77 bits per heavy atom. The highest BCUT2D eigenvalue weighted by atomic mass is 16.5. The fourth-order valence-electron chi connectivity index (χ4n) is 3.19. The van der Waals surface area contributed by atoms with Crippen molar-refractivity contribution in [2.75, 3.05) is 33.4 Å². The lowest BCUT2D eigenvalue weighted by atomic mass is 10.1. The molecule has 0 aromatic heterocycles. The van der Waals surface area contributed by atoms with Gasteiger partial charge in [0.05, 0.1) is 13.0 Å². The van der Waals surface area contributed by atoms with Crippen molar-refractivity contribution >= 4 is 5.91 Å². The van der Waals surface area contributed by atoms with Gasteiger partial charge in [0.15, 0.2) is 0 Å². The summed E-state index contributed by atoms with van der Waals surface area (Å²) in [5, 5.41) is 0. The lowest BCUT2D eigenvalue weighted by molar-refractivity contribution is -0.135. The fourth-order valence-corrected chi connectivity index (χ4v) is 3.19. The summed E-state index contributed by atoms with van der Waals surface area (Å²) in [6.45, 7) is 9.73. The molecular formula is C18H28N2O2. The Kier molecular flexibility index (Phi) is 5.98. The number of aryl methyl sites for hydroxylation is 1. The van der Waals surface area contributed by atoms with E-state index in [4.69, 9.17) is 4.74 Å². The van der Waals surface area contributed by atoms with Crippen LogP contribution in [-0.2, 0) is 16.0 Å². The summed E-state index contributed by atoms with van der Waals surface area (Å²) in [6.07, 6.45) is 0.498. The van der Waals surface area contributed by atoms with E-state index in [9.17, 15) is 4.79 Å². The second-order valence-corrected chi connectivity index (χ2v) is 6.39. The Labute approximate surface area is 134 Å². The van der Waals surface area contributed by atoms with Gasteiger partial charge in [0.1, 0.15) is 0 Å². The van der Waals surface area contributed by atoms with Crippen LogP contribution in [0.3, 0.4) is 0 Å². The number of carbonyl (C=O) groups excluding carboxylic acids is 1. The van der Waals surface area contributed by atoms with Gasteiger partial charge in [0.2, 0.25) is 5.91 Å². The summed E-state index contributed by atoms with van der Waals surface area (Å²) in [5.41, 5.74) is 2.32. The zero-order valence-corrected chi connectivity index (χ0v) is 14.2. The van der Waals surface area contributed by atoms with E-state index in [1.54, 1.807) is 7.11 Å². The van der Waals surface area contributed by atoms with E-state index in [0.717, 1.165) is 31.8 Å². The molecule has 1 fully saturated rings. The van der Waals surface area contributed by atoms with Crippen LogP contribution in [0.15, 0.2) is 24.3 Å². The van der Waals surface area contributed by atoms with E-state index in [1.807, 2.05) is 4.90 Å². The maximum Gasteiger partial charge on any atom is 0.227 e. The van der Waals surface area contributed by atoms with E-state index in [-0.39, 0.29) is 5.91 Å². The summed E-state index contributed by atoms with van der Waals surface area (Å²) in [7, 11) is 1.73. The molecule has 1 aromatic carbocycles. The molecule has 0 bridgehead atoms. The maximum absolute atomic E-state index is 12.5. The minimum Gasteiger partial charge on any atom is -0.383 e. The van der Waals surface area contributed by atoms with E-state index < -0.39 is 0 Å². The van der Waals surface area contributed by atoms with Crippen molar-refractivity contribution in [3.63, 3.8) is 0 Å². The molecule has 0 spiro atoms. The average Bonchev–Trinajstić information content (AvgIpc) is 2.48. The van der Waals surface area contributed by atoms with Crippen LogP contribution in [0.5, 0.6) is 0 Å². The first kappa shape index (κ1) is 17.0. The monoisotopic (exact) mass is 304 g/mol. The number of rotatable bonds is 5. The molecule has 2 rings (SSSR count). The first-order valence-corrected chi connectivity index (χ1v) is 8.09. The molecule has 0 aliphatic carbocycles. The number of carbonyl (C=O) groups is 1. The lowest BCUT2D eigenvalue weighted by Gasteiger charge is -2.44. The largest absolute Gasteiger partial charge is 0.383 e. The van der Waals surface area contributed by atoms with Gasteiger partial charge >= 0.3 is 0 Å². The normalized spacial score (nSPS) is 22.8. The van der Waals surface area contributed by atoms with Crippen molar-refractivity contribution in [3.8, 4) is 0 Å². The molecule has 1 amide bonds. The second kappa shape index (κ2) is 7.75. The van der Waals surface area contributed by atoms with Crippen molar-refractivity contribution in [1.82, 2.24) is 9.80 Å². The number of hydrogen-bond donors (Lipinski definition) is 0. The Balaban J connectivity index is 1.93. The lowest BCUT2D eigenvalue weighted by Crippen LogP contribution is -2.58. The minimum absolute atomic E-state index is 0.231. The molecule has 2 unspecified atom stereocenters. The van der Waals surface area contributed by atoms with E-state index in [0.29, 0.717) is 18.5 Å². The molecule has 0 N–H and O–H groups in total. The number of hydrogen-bond acceptors (Lipinski definition) is 3. The molecule has 2 atom stereocenters. The van der Waals surface area contributed by atoms with Gasteiger partial charge in [0, 0.05) is 38.8 Å². The van der Waals surface area contributed by atoms with Gasteiger partial charge in [-0.05, 0) is 26.3 Å². The first-order chi connectivity index (χ1) is 10.5. The van der Waals surface area contributed by atoms with Crippen molar-refractivity contribution in [1.29, 1.82) is 0 Å². The summed E-state index contributed by atoms with van der Waals surface area (Å²) in [5.74, 6) is 0.231. The molecule has 0 radical (unpaired) electrons. The smallest absolute Gasteiger partial charge is 0.227 e. The van der Waals surface area contributed by atoms with Gasteiger partial charge in [-0.1, -0.05) is 29.8 Å². The third-order valence-corrected chi connectivity index (χ3v) is 4.48. The van der Waals surface area contributed by atoms with Crippen LogP contribution in [0, 0.1) is 6.92 Å². The molecule has 22 heavy (non-hydrogen) atoms. The highest BCUT2D eigenvalue weighted by molar-refractivity contribution is 5.79. The Morgan fingerprint density at radius 1 is 1.18 bits per heavy atom. The topological polar surface area (TPSA) is 32.8 Å². The molecule has 1 aliphatic heterocycles. The van der Waals surface area contributed by atoms with Crippen LogP contribution in [0.2, 0.25) is 0 Å². The third-order valence-electron chi connectivity index (χ3n) is 4.48. The van der Waals surface area contributed by atoms with Crippen LogP contribution in [-0.4, -0.2) is 61.1 Å². The fraction of sp³-hybridized carbons (Fsp3) is 0.611. The summed E-state index contributed by atoms with van der Waals surface area (Å²) >= 11 is 0. The van der Waals surface area contributed by atoms with Gasteiger partial charge in [-0.3, -0.25) is 9.69 Å². The standard InChI is InChI=1S/C18H28N2O2/c1-14-5-7-17(8-6-14)11-18(21)19-12-15(2)20(9-10-22-4)16(3)13-19/h5-8,15-16H,9-13H2,1-4H3. The molecule has 122 valence electrons. The number of ether oxygens (including phenoxy) is 1. The number of amides is 1. The Bertz CT molecular complexity index is 474. The second-order valence-electron chi connectivity index (χ2n) is 6.39. The van der Waals surface area contributed by atoms with E-state index in [2.05, 4.69) is 49.9 Å². The van der Waals surface area contributed by atoms with Crippen LogP contribution in [0.4, 0.5) is 0 Å². The average molecular weight is 304 g/mol. The van der Waals surface area contributed by atoms with Crippen LogP contribution in [0.1, 0.15) is 25.0 Å². The van der Waals surface area contributed by atoms with E-state index >= 15 is 0 Å². The highest BCUT2D eigenvalue weighted by Crippen LogP contribution is 2.17. The third kappa shape index (κ3) is 4.31. The minimum atomic E-state index is 0.231. The molecule has 4 heteroatoms. The van der Waals surface area contributed by atoms with Crippen molar-refractivity contribution < 1.29 is 9.53 Å². The molecular weight excluding hydrogens is 276 g/mol. The van der Waals surface area contributed by atoms with Gasteiger partial charge in [-0.2, -0.15) is 0 Å². The van der Waals surface area contributed by atoms with Crippen molar-refractivity contribution in [2.45, 2.75) is 39.3 Å². The van der Waals surface area contributed by atoms with Crippen molar-refractivity contribution in [2.24, 2.45) is 0 Å². The quantitative estimate of drug-likeness (QED) is 0.835. The molecule has 1 aliphatic rings. The van der Waals surface area contributed by atoms with Gasteiger partial charge in [0.25, 0.3) is 0 Å². The molecule has 1 saturated heterocycles. The van der Waals surface area contributed by atoms with Crippen LogP contribution >= 0.6 is 0 Å². The number of benzene rings is 1. The number of methoxy groups -OCH3 is 1. The maximum atomic E-state index is 12.5. The Morgan fingerprint density at radius 3 is 2.32 bits per heavy atom. The Hall–Kier alpha value is -1.39. The number of piperazine rings is 1. The van der Waals surface area contributed by atoms with Gasteiger partial charge in [-0.25, -0.2) is 0 Å².